The standard InChI is InChI=1S/C16H18N4O3S/c1-2-23-10-13-18-19-16(24-13)17-15(22)11-8-14(21)20(9-11)12-6-4-3-5-7-12/h3-7,11H,2,8-10H2,1H3,(H,17,19,22)/t11-/m1/s1. The highest BCUT2D eigenvalue weighted by atomic mass is 32.1. The van der Waals surface area contributed by atoms with E-state index in [1.165, 1.54) is 11.3 Å². The summed E-state index contributed by atoms with van der Waals surface area (Å²) in [5.41, 5.74) is 0.813. The summed E-state index contributed by atoms with van der Waals surface area (Å²) in [6.45, 7) is 3.26. The number of carbonyl (C=O) groups excluding carboxylic acids is 2. The Bertz CT molecular complexity index is 719. The van der Waals surface area contributed by atoms with Gasteiger partial charge < -0.3 is 15.0 Å². The number of anilines is 2. The minimum Gasteiger partial charge on any atom is -0.374 e. The number of benzene rings is 1. The summed E-state index contributed by atoms with van der Waals surface area (Å²) in [6, 6.07) is 9.36. The molecule has 8 heteroatoms. The van der Waals surface area contributed by atoms with Crippen LogP contribution in [0.25, 0.3) is 0 Å². The molecule has 1 fully saturated rings. The lowest BCUT2D eigenvalue weighted by molar-refractivity contribution is -0.122. The smallest absolute Gasteiger partial charge is 0.231 e. The monoisotopic (exact) mass is 346 g/mol. The maximum atomic E-state index is 12.4. The van der Waals surface area contributed by atoms with E-state index in [0.29, 0.717) is 29.9 Å². The molecule has 1 aliphatic heterocycles. The number of carbonyl (C=O) groups is 2. The van der Waals surface area contributed by atoms with Crippen LogP contribution in [-0.2, 0) is 20.9 Å². The molecule has 1 aliphatic rings. The van der Waals surface area contributed by atoms with Crippen molar-refractivity contribution in [3.63, 3.8) is 0 Å². The van der Waals surface area contributed by atoms with E-state index in [0.717, 1.165) is 5.69 Å². The van der Waals surface area contributed by atoms with Crippen LogP contribution in [0.4, 0.5) is 10.8 Å². The van der Waals surface area contributed by atoms with Gasteiger partial charge in [0.1, 0.15) is 11.6 Å². The molecule has 0 radical (unpaired) electrons. The van der Waals surface area contributed by atoms with Crippen molar-refractivity contribution in [3.8, 4) is 0 Å². The van der Waals surface area contributed by atoms with Gasteiger partial charge in [0.15, 0.2) is 0 Å². The Morgan fingerprint density at radius 1 is 1.38 bits per heavy atom. The van der Waals surface area contributed by atoms with Crippen molar-refractivity contribution in [1.82, 2.24) is 10.2 Å². The molecule has 3 rings (SSSR count). The van der Waals surface area contributed by atoms with Crippen molar-refractivity contribution in [2.45, 2.75) is 20.0 Å². The van der Waals surface area contributed by atoms with E-state index in [1.54, 1.807) is 4.90 Å². The lowest BCUT2D eigenvalue weighted by Gasteiger charge is -2.16. The minimum atomic E-state index is -0.392. The molecule has 0 spiro atoms. The molecule has 1 atom stereocenters. The van der Waals surface area contributed by atoms with E-state index in [-0.39, 0.29) is 18.2 Å². The SMILES string of the molecule is CCOCc1nnc(NC(=O)[C@@H]2CC(=O)N(c3ccccc3)C2)s1. The molecule has 126 valence electrons. The van der Waals surface area contributed by atoms with E-state index >= 15 is 0 Å². The molecule has 24 heavy (non-hydrogen) atoms. The lowest BCUT2D eigenvalue weighted by atomic mass is 10.1. The highest BCUT2D eigenvalue weighted by Gasteiger charge is 2.35. The van der Waals surface area contributed by atoms with Crippen molar-refractivity contribution in [2.24, 2.45) is 5.92 Å². The summed E-state index contributed by atoms with van der Waals surface area (Å²) in [4.78, 5) is 26.2. The Labute approximate surface area is 143 Å². The number of amides is 2. The molecule has 1 saturated heterocycles. The van der Waals surface area contributed by atoms with Crippen molar-refractivity contribution in [2.75, 3.05) is 23.4 Å². The summed E-state index contributed by atoms with van der Waals surface area (Å²) < 4.78 is 5.26. The Morgan fingerprint density at radius 3 is 2.92 bits per heavy atom. The third-order valence-corrected chi connectivity index (χ3v) is 4.50. The average molecular weight is 346 g/mol. The van der Waals surface area contributed by atoms with E-state index in [9.17, 15) is 9.59 Å². The fourth-order valence-corrected chi connectivity index (χ4v) is 3.18. The zero-order valence-electron chi connectivity index (χ0n) is 13.3. The molecule has 1 aromatic carbocycles. The fourth-order valence-electron chi connectivity index (χ4n) is 2.50. The lowest BCUT2D eigenvalue weighted by Crippen LogP contribution is -2.28. The highest BCUT2D eigenvalue weighted by Crippen LogP contribution is 2.26. The van der Waals surface area contributed by atoms with E-state index < -0.39 is 5.92 Å². The number of nitrogens with one attached hydrogen (secondary N) is 1. The van der Waals surface area contributed by atoms with E-state index in [1.807, 2.05) is 37.3 Å². The number of ether oxygens (including phenoxy) is 1. The Kier molecular flexibility index (Phi) is 5.17. The molecule has 0 saturated carbocycles. The first-order valence-electron chi connectivity index (χ1n) is 7.73. The predicted molar refractivity (Wildman–Crippen MR) is 90.8 cm³/mol. The second-order valence-electron chi connectivity index (χ2n) is 5.37. The summed E-state index contributed by atoms with van der Waals surface area (Å²) >= 11 is 1.28. The third-order valence-electron chi connectivity index (χ3n) is 3.69. The molecule has 1 aromatic heterocycles. The molecular weight excluding hydrogens is 328 g/mol. The molecule has 0 bridgehead atoms. The predicted octanol–water partition coefficient (Wildman–Crippen LogP) is 2.07. The van der Waals surface area contributed by atoms with Crippen LogP contribution in [0, 0.1) is 5.92 Å². The zero-order valence-corrected chi connectivity index (χ0v) is 14.1. The second-order valence-corrected chi connectivity index (χ2v) is 6.43. The van der Waals surface area contributed by atoms with Gasteiger partial charge in [0.05, 0.1) is 5.92 Å². The first-order valence-corrected chi connectivity index (χ1v) is 8.55. The highest BCUT2D eigenvalue weighted by molar-refractivity contribution is 7.15. The third kappa shape index (κ3) is 3.77. The van der Waals surface area contributed by atoms with Crippen molar-refractivity contribution >= 4 is 34.0 Å². The normalized spacial score (nSPS) is 17.3. The second kappa shape index (κ2) is 7.50. The fraction of sp³-hybridized carbons (Fsp3) is 0.375. The van der Waals surface area contributed by atoms with Gasteiger partial charge in [-0.05, 0) is 19.1 Å². The van der Waals surface area contributed by atoms with Gasteiger partial charge in [-0.3, -0.25) is 9.59 Å². The van der Waals surface area contributed by atoms with Gasteiger partial charge in [-0.1, -0.05) is 29.5 Å². The van der Waals surface area contributed by atoms with Crippen molar-refractivity contribution in [3.05, 3.63) is 35.3 Å². The first kappa shape index (κ1) is 16.5. The number of hydrogen-bond donors (Lipinski definition) is 1. The Morgan fingerprint density at radius 2 is 2.17 bits per heavy atom. The van der Waals surface area contributed by atoms with Crippen LogP contribution in [0.5, 0.6) is 0 Å². The molecule has 1 N–H and O–H groups in total. The molecule has 2 amide bonds. The number of nitrogens with zero attached hydrogens (tertiary/aromatic N) is 3. The summed E-state index contributed by atoms with van der Waals surface area (Å²) in [5, 5.41) is 11.8. The summed E-state index contributed by atoms with van der Waals surface area (Å²) in [6.07, 6.45) is 0.200. The number of para-hydroxylation sites is 1. The van der Waals surface area contributed by atoms with Gasteiger partial charge in [-0.15, -0.1) is 10.2 Å². The van der Waals surface area contributed by atoms with Gasteiger partial charge >= 0.3 is 0 Å². The summed E-state index contributed by atoms with van der Waals surface area (Å²) in [7, 11) is 0. The molecular formula is C16H18N4O3S. The van der Waals surface area contributed by atoms with Gasteiger partial charge in [0, 0.05) is 25.3 Å². The number of hydrogen-bond acceptors (Lipinski definition) is 6. The maximum Gasteiger partial charge on any atom is 0.231 e. The maximum absolute atomic E-state index is 12.4. The molecule has 7 nitrogen and oxygen atoms in total. The van der Waals surface area contributed by atoms with Crippen molar-refractivity contribution < 1.29 is 14.3 Å². The van der Waals surface area contributed by atoms with Crippen LogP contribution < -0.4 is 10.2 Å². The zero-order chi connectivity index (χ0) is 16.9. The molecule has 2 heterocycles. The quantitative estimate of drug-likeness (QED) is 0.865. The van der Waals surface area contributed by atoms with Gasteiger partial charge in [-0.25, -0.2) is 0 Å². The Balaban J connectivity index is 1.60. The van der Waals surface area contributed by atoms with E-state index in [2.05, 4.69) is 15.5 Å². The van der Waals surface area contributed by atoms with Gasteiger partial charge in [-0.2, -0.15) is 0 Å². The van der Waals surface area contributed by atoms with Gasteiger partial charge in [0.2, 0.25) is 16.9 Å². The van der Waals surface area contributed by atoms with Crippen LogP contribution in [0.2, 0.25) is 0 Å². The average Bonchev–Trinajstić information content (AvgIpc) is 3.20. The number of aromatic nitrogens is 2. The Hall–Kier alpha value is -2.32. The number of rotatable bonds is 6. The van der Waals surface area contributed by atoms with Crippen LogP contribution >= 0.6 is 11.3 Å². The minimum absolute atomic E-state index is 0.0457. The first-order chi connectivity index (χ1) is 11.7. The van der Waals surface area contributed by atoms with Crippen LogP contribution in [-0.4, -0.2) is 35.2 Å². The molecule has 2 aromatic rings. The van der Waals surface area contributed by atoms with Crippen LogP contribution in [0.3, 0.4) is 0 Å². The molecule has 0 unspecified atom stereocenters. The van der Waals surface area contributed by atoms with E-state index in [4.69, 9.17) is 4.74 Å². The van der Waals surface area contributed by atoms with Crippen molar-refractivity contribution in [1.29, 1.82) is 0 Å². The molecule has 0 aliphatic carbocycles. The van der Waals surface area contributed by atoms with Crippen LogP contribution in [0.1, 0.15) is 18.4 Å². The van der Waals surface area contributed by atoms with Crippen LogP contribution in [0.15, 0.2) is 30.3 Å². The van der Waals surface area contributed by atoms with Gasteiger partial charge in [0.25, 0.3) is 0 Å². The largest absolute Gasteiger partial charge is 0.374 e. The summed E-state index contributed by atoms with van der Waals surface area (Å²) in [5.74, 6) is -0.645. The topological polar surface area (TPSA) is 84.4 Å².